The van der Waals surface area contributed by atoms with Crippen LogP contribution in [0.1, 0.15) is 46.0 Å². The zero-order valence-electron chi connectivity index (χ0n) is 10.9. The molecule has 2 nitrogen and oxygen atoms in total. The van der Waals surface area contributed by atoms with Gasteiger partial charge in [0.2, 0.25) is 0 Å². The summed E-state index contributed by atoms with van der Waals surface area (Å²) in [6.45, 7) is 5.21. The average molecular weight is 221 g/mol. The molecule has 0 heterocycles. The summed E-state index contributed by atoms with van der Waals surface area (Å²) in [5.74, 6) is 3.01. The molecule has 0 aromatic heterocycles. The first-order valence-corrected chi connectivity index (χ1v) is 6.88. The van der Waals surface area contributed by atoms with Gasteiger partial charge in [-0.1, -0.05) is 44.1 Å². The molecule has 2 saturated carbocycles. The van der Waals surface area contributed by atoms with Crippen molar-refractivity contribution in [2.75, 3.05) is 6.54 Å². The predicted molar refractivity (Wildman–Crippen MR) is 70.3 cm³/mol. The van der Waals surface area contributed by atoms with Gasteiger partial charge in [0.1, 0.15) is 7.85 Å². The molecule has 0 saturated heterocycles. The Balaban J connectivity index is 2.14. The quantitative estimate of drug-likeness (QED) is 0.532. The Morgan fingerprint density at radius 1 is 1.44 bits per heavy atom. The average Bonchev–Trinajstić information content (AvgIpc) is 2.57. The molecule has 2 aliphatic carbocycles. The summed E-state index contributed by atoms with van der Waals surface area (Å²) in [4.78, 5) is 10.5. The highest BCUT2D eigenvalue weighted by molar-refractivity contribution is 6.11. The summed E-state index contributed by atoms with van der Waals surface area (Å²) in [6, 6.07) is 0. The molecule has 0 aliphatic heterocycles. The number of hydrogen-bond acceptors (Lipinski definition) is 2. The van der Waals surface area contributed by atoms with Gasteiger partial charge in [0.25, 0.3) is 0 Å². The fourth-order valence-corrected chi connectivity index (χ4v) is 4.78. The van der Waals surface area contributed by atoms with E-state index < -0.39 is 0 Å². The van der Waals surface area contributed by atoms with Crippen LogP contribution in [0.3, 0.4) is 0 Å². The maximum Gasteiger partial charge on any atom is 0.105 e. The van der Waals surface area contributed by atoms with E-state index in [9.17, 15) is 4.91 Å². The first kappa shape index (κ1) is 12.1. The van der Waals surface area contributed by atoms with Gasteiger partial charge in [0.05, 0.1) is 6.54 Å². The second-order valence-corrected chi connectivity index (χ2v) is 6.45. The molecule has 3 heteroatoms. The van der Waals surface area contributed by atoms with E-state index in [0.29, 0.717) is 17.9 Å². The van der Waals surface area contributed by atoms with Crippen LogP contribution in [-0.2, 0) is 0 Å². The largest absolute Gasteiger partial charge is 0.151 e. The highest BCUT2D eigenvalue weighted by Crippen LogP contribution is 2.60. The van der Waals surface area contributed by atoms with Crippen LogP contribution in [-0.4, -0.2) is 14.4 Å². The van der Waals surface area contributed by atoms with Crippen LogP contribution in [0, 0.1) is 28.1 Å². The van der Waals surface area contributed by atoms with Gasteiger partial charge in [-0.15, -0.1) is 0 Å². The Hall–Kier alpha value is -0.335. The number of fused-ring (bicyclic) bond motifs is 1. The molecule has 0 amide bonds. The van der Waals surface area contributed by atoms with Crippen molar-refractivity contribution in [3.05, 3.63) is 4.91 Å². The summed E-state index contributed by atoms with van der Waals surface area (Å²) in [7, 11) is 2.42. The Morgan fingerprint density at radius 2 is 2.19 bits per heavy atom. The van der Waals surface area contributed by atoms with Gasteiger partial charge in [-0.2, -0.15) is 4.91 Å². The van der Waals surface area contributed by atoms with Gasteiger partial charge < -0.3 is 0 Å². The first-order chi connectivity index (χ1) is 7.59. The fourth-order valence-electron chi connectivity index (χ4n) is 4.78. The van der Waals surface area contributed by atoms with Crippen molar-refractivity contribution in [1.82, 2.24) is 0 Å². The molecule has 0 aromatic carbocycles. The van der Waals surface area contributed by atoms with Crippen LogP contribution in [0.4, 0.5) is 0 Å². The lowest BCUT2D eigenvalue weighted by atomic mass is 9.55. The monoisotopic (exact) mass is 221 g/mol. The lowest BCUT2D eigenvalue weighted by Crippen LogP contribution is -2.37. The molecular weight excluding hydrogens is 197 g/mol. The standard InChI is InChI=1S/C13H24BNO/c1-9(8-15-16)10-5-6-11-12(14)4-3-7-13(10,11)2/h9-12H,3-8,14H2,1-2H3/t9-,10?,11?,12-,13+/m0/s1. The Morgan fingerprint density at radius 3 is 2.88 bits per heavy atom. The van der Waals surface area contributed by atoms with Crippen LogP contribution < -0.4 is 0 Å². The molecule has 2 fully saturated rings. The van der Waals surface area contributed by atoms with Crippen molar-refractivity contribution in [1.29, 1.82) is 0 Å². The van der Waals surface area contributed by atoms with E-state index in [1.807, 2.05) is 0 Å². The third kappa shape index (κ3) is 1.82. The Kier molecular flexibility index (Phi) is 3.41. The third-order valence-corrected chi connectivity index (χ3v) is 5.59. The number of rotatable bonds is 3. The molecule has 2 rings (SSSR count). The minimum absolute atomic E-state index is 0.484. The van der Waals surface area contributed by atoms with E-state index in [4.69, 9.17) is 0 Å². The van der Waals surface area contributed by atoms with E-state index in [-0.39, 0.29) is 0 Å². The smallest absolute Gasteiger partial charge is 0.105 e. The van der Waals surface area contributed by atoms with Gasteiger partial charge in [0, 0.05) is 0 Å². The van der Waals surface area contributed by atoms with Gasteiger partial charge in [0.15, 0.2) is 0 Å². The van der Waals surface area contributed by atoms with Gasteiger partial charge in [-0.25, -0.2) is 0 Å². The SMILES string of the molecule is B[C@H]1CCC[C@@]2(C)C1CCC2[C@@H](C)CN=O. The molecule has 2 unspecified atom stereocenters. The molecule has 0 aromatic rings. The summed E-state index contributed by atoms with van der Waals surface area (Å²) in [5.41, 5.74) is 0.502. The van der Waals surface area contributed by atoms with Crippen molar-refractivity contribution in [3.8, 4) is 0 Å². The normalized spacial score (nSPS) is 45.0. The summed E-state index contributed by atoms with van der Waals surface area (Å²) in [6.07, 6.45) is 6.86. The summed E-state index contributed by atoms with van der Waals surface area (Å²) >= 11 is 0. The Bertz CT molecular complexity index is 271. The second-order valence-electron chi connectivity index (χ2n) is 6.45. The van der Waals surface area contributed by atoms with Crippen LogP contribution in [0.25, 0.3) is 0 Å². The van der Waals surface area contributed by atoms with Crippen molar-refractivity contribution in [2.24, 2.45) is 28.3 Å². The molecule has 0 radical (unpaired) electrons. The summed E-state index contributed by atoms with van der Waals surface area (Å²) in [5, 5.41) is 3.12. The number of nitrogens with zero attached hydrogens (tertiary/aromatic N) is 1. The summed E-state index contributed by atoms with van der Waals surface area (Å²) < 4.78 is 0. The van der Waals surface area contributed by atoms with E-state index in [2.05, 4.69) is 26.9 Å². The van der Waals surface area contributed by atoms with Crippen molar-refractivity contribution >= 4 is 7.85 Å². The molecule has 0 bridgehead atoms. The zero-order valence-corrected chi connectivity index (χ0v) is 10.9. The lowest BCUT2D eigenvalue weighted by molar-refractivity contribution is 0.0726. The molecule has 5 atom stereocenters. The van der Waals surface area contributed by atoms with Gasteiger partial charge >= 0.3 is 0 Å². The first-order valence-electron chi connectivity index (χ1n) is 6.88. The van der Waals surface area contributed by atoms with Crippen LogP contribution in [0.5, 0.6) is 0 Å². The zero-order chi connectivity index (χ0) is 11.8. The fraction of sp³-hybridized carbons (Fsp3) is 1.00. The van der Waals surface area contributed by atoms with Crippen LogP contribution >= 0.6 is 0 Å². The third-order valence-electron chi connectivity index (χ3n) is 5.59. The molecule has 90 valence electrons. The molecule has 2 aliphatic rings. The number of nitroso groups, excluding NO2 is 1. The topological polar surface area (TPSA) is 29.4 Å². The highest BCUT2D eigenvalue weighted by Gasteiger charge is 2.51. The van der Waals surface area contributed by atoms with Gasteiger partial charge in [-0.3, -0.25) is 0 Å². The van der Waals surface area contributed by atoms with Gasteiger partial charge in [-0.05, 0) is 36.0 Å². The molecule has 16 heavy (non-hydrogen) atoms. The van der Waals surface area contributed by atoms with Crippen molar-refractivity contribution in [3.63, 3.8) is 0 Å². The van der Waals surface area contributed by atoms with E-state index >= 15 is 0 Å². The molecular formula is C13H24BNO. The minimum Gasteiger partial charge on any atom is -0.151 e. The van der Waals surface area contributed by atoms with E-state index in [1.165, 1.54) is 32.1 Å². The van der Waals surface area contributed by atoms with E-state index in [1.54, 1.807) is 0 Å². The van der Waals surface area contributed by atoms with Crippen molar-refractivity contribution in [2.45, 2.75) is 51.8 Å². The number of hydrogen-bond donors (Lipinski definition) is 0. The predicted octanol–water partition coefficient (Wildman–Crippen LogP) is 3.03. The Labute approximate surface area is 100.0 Å². The van der Waals surface area contributed by atoms with E-state index in [0.717, 1.165) is 17.7 Å². The maximum atomic E-state index is 10.5. The molecule has 0 N–H and O–H groups in total. The second kappa shape index (κ2) is 4.50. The highest BCUT2D eigenvalue weighted by atomic mass is 16.3. The van der Waals surface area contributed by atoms with Crippen molar-refractivity contribution < 1.29 is 0 Å². The lowest BCUT2D eigenvalue weighted by Gasteiger charge is -2.45. The van der Waals surface area contributed by atoms with Crippen LogP contribution in [0.15, 0.2) is 5.18 Å². The maximum absolute atomic E-state index is 10.5. The van der Waals surface area contributed by atoms with Crippen LogP contribution in [0.2, 0.25) is 5.82 Å². The molecule has 0 spiro atoms. The minimum atomic E-state index is 0.484.